The van der Waals surface area contributed by atoms with Gasteiger partial charge in [-0.05, 0) is 37.4 Å². The number of likely N-dealkylation sites (tertiary alicyclic amines) is 1. The molecule has 1 unspecified atom stereocenters. The largest absolute Gasteiger partial charge is 0.379 e. The second kappa shape index (κ2) is 9.32. The highest BCUT2D eigenvalue weighted by atomic mass is 16.5. The summed E-state index contributed by atoms with van der Waals surface area (Å²) in [4.78, 5) is 17.3. The van der Waals surface area contributed by atoms with E-state index in [1.54, 1.807) is 0 Å². The van der Waals surface area contributed by atoms with E-state index in [4.69, 9.17) is 4.74 Å². The Bertz CT molecular complexity index is 558. The third-order valence-electron chi connectivity index (χ3n) is 5.36. The number of rotatable bonds is 6. The minimum Gasteiger partial charge on any atom is -0.379 e. The summed E-state index contributed by atoms with van der Waals surface area (Å²) in [6.07, 6.45) is 2.11. The molecule has 0 bridgehead atoms. The Morgan fingerprint density at radius 1 is 1.20 bits per heavy atom. The van der Waals surface area contributed by atoms with Gasteiger partial charge in [0.15, 0.2) is 0 Å². The van der Waals surface area contributed by atoms with Gasteiger partial charge in [0.2, 0.25) is 5.91 Å². The molecular weight excluding hydrogens is 314 g/mol. The van der Waals surface area contributed by atoms with Gasteiger partial charge in [-0.15, -0.1) is 0 Å². The molecule has 5 heteroatoms. The molecule has 5 nitrogen and oxygen atoms in total. The molecule has 2 fully saturated rings. The van der Waals surface area contributed by atoms with Crippen molar-refractivity contribution in [3.05, 3.63) is 35.4 Å². The number of carbonyl (C=O) groups is 1. The van der Waals surface area contributed by atoms with Crippen LogP contribution >= 0.6 is 0 Å². The lowest BCUT2D eigenvalue weighted by molar-refractivity contribution is -0.126. The van der Waals surface area contributed by atoms with Crippen LogP contribution in [0.25, 0.3) is 0 Å². The third-order valence-corrected chi connectivity index (χ3v) is 5.36. The van der Waals surface area contributed by atoms with E-state index in [0.717, 1.165) is 71.9 Å². The Morgan fingerprint density at radius 3 is 2.80 bits per heavy atom. The van der Waals surface area contributed by atoms with Gasteiger partial charge < -0.3 is 10.1 Å². The number of ether oxygens (including phenoxy) is 1. The molecule has 0 aliphatic carbocycles. The molecular formula is C20H31N3O2. The molecule has 2 aliphatic heterocycles. The number of nitrogens with zero attached hydrogens (tertiary/aromatic N) is 2. The SMILES string of the molecule is Cc1ccccc1CN1CCCC(C(=O)NCCN2CCOCC2)C1. The van der Waals surface area contributed by atoms with Crippen LogP contribution in [0, 0.1) is 12.8 Å². The van der Waals surface area contributed by atoms with E-state index in [2.05, 4.69) is 46.3 Å². The molecule has 1 N–H and O–H groups in total. The Balaban J connectivity index is 1.42. The van der Waals surface area contributed by atoms with Crippen molar-refractivity contribution < 1.29 is 9.53 Å². The number of aryl methyl sites for hydroxylation is 1. The van der Waals surface area contributed by atoms with E-state index in [0.29, 0.717) is 0 Å². The van der Waals surface area contributed by atoms with Crippen molar-refractivity contribution in [3.63, 3.8) is 0 Å². The highest BCUT2D eigenvalue weighted by Crippen LogP contribution is 2.20. The first-order valence-corrected chi connectivity index (χ1v) is 9.57. The molecule has 3 rings (SSSR count). The van der Waals surface area contributed by atoms with Crippen LogP contribution < -0.4 is 5.32 Å². The Hall–Kier alpha value is -1.43. The van der Waals surface area contributed by atoms with Gasteiger partial charge in [-0.1, -0.05) is 24.3 Å². The smallest absolute Gasteiger partial charge is 0.224 e. The van der Waals surface area contributed by atoms with E-state index in [9.17, 15) is 4.79 Å². The van der Waals surface area contributed by atoms with E-state index >= 15 is 0 Å². The van der Waals surface area contributed by atoms with E-state index < -0.39 is 0 Å². The molecule has 138 valence electrons. The first kappa shape index (κ1) is 18.4. The average molecular weight is 345 g/mol. The highest BCUT2D eigenvalue weighted by molar-refractivity contribution is 5.78. The second-order valence-electron chi connectivity index (χ2n) is 7.25. The van der Waals surface area contributed by atoms with Crippen LogP contribution in [-0.2, 0) is 16.1 Å². The monoisotopic (exact) mass is 345 g/mol. The maximum absolute atomic E-state index is 12.5. The molecule has 1 aromatic carbocycles. The van der Waals surface area contributed by atoms with Crippen LogP contribution in [0.15, 0.2) is 24.3 Å². The molecule has 2 saturated heterocycles. The fourth-order valence-corrected chi connectivity index (χ4v) is 3.75. The van der Waals surface area contributed by atoms with Crippen molar-refractivity contribution in [2.45, 2.75) is 26.3 Å². The number of nitrogens with one attached hydrogen (secondary N) is 1. The molecule has 1 atom stereocenters. The summed E-state index contributed by atoms with van der Waals surface area (Å²) in [6, 6.07) is 8.54. The van der Waals surface area contributed by atoms with Gasteiger partial charge in [0.05, 0.1) is 19.1 Å². The summed E-state index contributed by atoms with van der Waals surface area (Å²) in [6.45, 7) is 10.3. The van der Waals surface area contributed by atoms with Gasteiger partial charge in [0.25, 0.3) is 0 Å². The summed E-state index contributed by atoms with van der Waals surface area (Å²) in [5.74, 6) is 0.352. The number of amides is 1. The number of piperidine rings is 1. The van der Waals surface area contributed by atoms with Crippen molar-refractivity contribution in [2.24, 2.45) is 5.92 Å². The maximum atomic E-state index is 12.5. The molecule has 0 aromatic heterocycles. The number of morpholine rings is 1. The normalized spacial score (nSPS) is 22.7. The average Bonchev–Trinajstić information content (AvgIpc) is 2.65. The summed E-state index contributed by atoms with van der Waals surface area (Å²) in [5, 5.41) is 3.15. The Morgan fingerprint density at radius 2 is 2.00 bits per heavy atom. The second-order valence-corrected chi connectivity index (χ2v) is 7.25. The van der Waals surface area contributed by atoms with Crippen LogP contribution in [0.4, 0.5) is 0 Å². The van der Waals surface area contributed by atoms with Crippen LogP contribution in [-0.4, -0.2) is 68.2 Å². The van der Waals surface area contributed by atoms with Crippen LogP contribution in [0.3, 0.4) is 0 Å². The molecule has 2 heterocycles. The number of hydrogen-bond donors (Lipinski definition) is 1. The van der Waals surface area contributed by atoms with Crippen molar-refractivity contribution in [2.75, 3.05) is 52.5 Å². The van der Waals surface area contributed by atoms with Gasteiger partial charge in [0.1, 0.15) is 0 Å². The zero-order valence-corrected chi connectivity index (χ0v) is 15.4. The fraction of sp³-hybridized carbons (Fsp3) is 0.650. The first-order valence-electron chi connectivity index (χ1n) is 9.57. The lowest BCUT2D eigenvalue weighted by Crippen LogP contribution is -2.45. The Labute approximate surface area is 151 Å². The molecule has 2 aliphatic rings. The predicted molar refractivity (Wildman–Crippen MR) is 99.4 cm³/mol. The van der Waals surface area contributed by atoms with Crippen LogP contribution in [0.5, 0.6) is 0 Å². The van der Waals surface area contributed by atoms with Crippen molar-refractivity contribution in [1.29, 1.82) is 0 Å². The van der Waals surface area contributed by atoms with Crippen molar-refractivity contribution >= 4 is 5.91 Å². The van der Waals surface area contributed by atoms with Crippen molar-refractivity contribution in [1.82, 2.24) is 15.1 Å². The van der Waals surface area contributed by atoms with Crippen molar-refractivity contribution in [3.8, 4) is 0 Å². The minimum atomic E-state index is 0.127. The van der Waals surface area contributed by atoms with Crippen LogP contribution in [0.2, 0.25) is 0 Å². The summed E-state index contributed by atoms with van der Waals surface area (Å²) in [5.41, 5.74) is 2.70. The molecule has 0 spiro atoms. The standard InChI is InChI=1S/C20H31N3O2/c1-17-5-2-3-6-18(17)15-23-9-4-7-19(16-23)20(24)21-8-10-22-11-13-25-14-12-22/h2-3,5-6,19H,4,7-16H2,1H3,(H,21,24). The lowest BCUT2D eigenvalue weighted by Gasteiger charge is -2.32. The van der Waals surface area contributed by atoms with Gasteiger partial charge in [-0.3, -0.25) is 14.6 Å². The quantitative estimate of drug-likeness (QED) is 0.852. The van der Waals surface area contributed by atoms with Crippen LogP contribution in [0.1, 0.15) is 24.0 Å². The van der Waals surface area contributed by atoms with Gasteiger partial charge in [-0.25, -0.2) is 0 Å². The summed E-state index contributed by atoms with van der Waals surface area (Å²) >= 11 is 0. The maximum Gasteiger partial charge on any atom is 0.224 e. The highest BCUT2D eigenvalue weighted by Gasteiger charge is 2.25. The minimum absolute atomic E-state index is 0.127. The van der Waals surface area contributed by atoms with E-state index in [1.807, 2.05) is 0 Å². The molecule has 1 amide bonds. The first-order chi connectivity index (χ1) is 12.2. The Kier molecular flexibility index (Phi) is 6.84. The summed E-state index contributed by atoms with van der Waals surface area (Å²) < 4.78 is 5.36. The topological polar surface area (TPSA) is 44.8 Å². The van der Waals surface area contributed by atoms with E-state index in [-0.39, 0.29) is 11.8 Å². The number of benzene rings is 1. The number of hydrogen-bond acceptors (Lipinski definition) is 4. The predicted octanol–water partition coefficient (Wildman–Crippen LogP) is 1.66. The molecule has 25 heavy (non-hydrogen) atoms. The lowest BCUT2D eigenvalue weighted by atomic mass is 9.96. The molecule has 0 saturated carbocycles. The number of carbonyl (C=O) groups excluding carboxylic acids is 1. The summed E-state index contributed by atoms with van der Waals surface area (Å²) in [7, 11) is 0. The third kappa shape index (κ3) is 5.53. The fourth-order valence-electron chi connectivity index (χ4n) is 3.75. The van der Waals surface area contributed by atoms with Gasteiger partial charge in [0, 0.05) is 39.3 Å². The van der Waals surface area contributed by atoms with Gasteiger partial charge in [-0.2, -0.15) is 0 Å². The van der Waals surface area contributed by atoms with E-state index in [1.165, 1.54) is 11.1 Å². The van der Waals surface area contributed by atoms with Gasteiger partial charge >= 0.3 is 0 Å². The molecule has 0 radical (unpaired) electrons. The zero-order chi connectivity index (χ0) is 17.5. The molecule has 1 aromatic rings. The zero-order valence-electron chi connectivity index (χ0n) is 15.4.